The van der Waals surface area contributed by atoms with Crippen LogP contribution in [0.3, 0.4) is 0 Å². The number of carbonyl (C=O) groups is 1. The molecule has 1 saturated carbocycles. The maximum atomic E-state index is 12.0. The van der Waals surface area contributed by atoms with Crippen molar-refractivity contribution in [2.24, 2.45) is 29.1 Å². The van der Waals surface area contributed by atoms with Gasteiger partial charge in [-0.15, -0.1) is 0 Å². The number of hydrogen-bond donors (Lipinski definition) is 0. The van der Waals surface area contributed by atoms with Crippen molar-refractivity contribution in [3.63, 3.8) is 0 Å². The van der Waals surface area contributed by atoms with Gasteiger partial charge >= 0.3 is 5.97 Å². The number of esters is 1. The molecule has 1 saturated heterocycles. The van der Waals surface area contributed by atoms with Gasteiger partial charge in [0.1, 0.15) is 0 Å². The molecule has 0 amide bonds. The zero-order valence-electron chi connectivity index (χ0n) is 11.0. The van der Waals surface area contributed by atoms with E-state index in [9.17, 15) is 4.79 Å². The Morgan fingerprint density at radius 3 is 2.88 bits per heavy atom. The average Bonchev–Trinajstić information content (AvgIpc) is 2.72. The van der Waals surface area contributed by atoms with E-state index in [-0.39, 0.29) is 17.3 Å². The molecule has 0 radical (unpaired) electrons. The lowest BCUT2D eigenvalue weighted by molar-refractivity contribution is -0.140. The summed E-state index contributed by atoms with van der Waals surface area (Å²) in [5, 5.41) is 0. The van der Waals surface area contributed by atoms with Crippen LogP contribution in [0.15, 0.2) is 11.6 Å². The highest BCUT2D eigenvalue weighted by atomic mass is 16.5. The number of carbonyl (C=O) groups excluding carboxylic acids is 1. The lowest BCUT2D eigenvalue weighted by Crippen LogP contribution is -2.20. The fourth-order valence-corrected chi connectivity index (χ4v) is 4.06. The van der Waals surface area contributed by atoms with Crippen molar-refractivity contribution in [1.29, 1.82) is 0 Å². The normalized spacial score (nSPS) is 43.5. The van der Waals surface area contributed by atoms with E-state index in [0.717, 1.165) is 12.3 Å². The average molecular weight is 234 g/mol. The van der Waals surface area contributed by atoms with Gasteiger partial charge in [-0.1, -0.05) is 32.4 Å². The SMILES string of the molecule is C[C@H]1CC[C@@H]2COC(=O)[C@@H]2C2=CC(C)(C)C[C@H]21. The molecule has 0 unspecified atom stereocenters. The predicted octanol–water partition coefficient (Wildman–Crippen LogP) is 3.18. The molecular weight excluding hydrogens is 212 g/mol. The highest BCUT2D eigenvalue weighted by Crippen LogP contribution is 2.52. The molecule has 3 aliphatic rings. The second kappa shape index (κ2) is 3.60. The van der Waals surface area contributed by atoms with Gasteiger partial charge in [0.15, 0.2) is 0 Å². The Kier molecular flexibility index (Phi) is 2.39. The van der Waals surface area contributed by atoms with Gasteiger partial charge in [0, 0.05) is 5.92 Å². The van der Waals surface area contributed by atoms with Crippen LogP contribution in [0.5, 0.6) is 0 Å². The standard InChI is InChI=1S/C15H22O2/c1-9-4-5-10-8-17-14(16)13(10)12-7-15(2,3)6-11(9)12/h7,9-11,13H,4-6,8H2,1-3H3/t9-,10+,11-,13-/m0/s1. The van der Waals surface area contributed by atoms with Crippen molar-refractivity contribution in [2.75, 3.05) is 6.61 Å². The number of cyclic esters (lactones) is 1. The minimum Gasteiger partial charge on any atom is -0.465 e. The molecule has 2 heteroatoms. The fraction of sp³-hybridized carbons (Fsp3) is 0.800. The van der Waals surface area contributed by atoms with Crippen molar-refractivity contribution < 1.29 is 9.53 Å². The third-order valence-electron chi connectivity index (χ3n) is 4.94. The molecule has 3 rings (SSSR count). The largest absolute Gasteiger partial charge is 0.465 e. The predicted molar refractivity (Wildman–Crippen MR) is 66.3 cm³/mol. The van der Waals surface area contributed by atoms with E-state index < -0.39 is 0 Å². The molecule has 2 nitrogen and oxygen atoms in total. The van der Waals surface area contributed by atoms with Crippen LogP contribution in [0.25, 0.3) is 0 Å². The zero-order chi connectivity index (χ0) is 12.2. The minimum absolute atomic E-state index is 0.0399. The van der Waals surface area contributed by atoms with Crippen molar-refractivity contribution in [3.05, 3.63) is 11.6 Å². The highest BCUT2D eigenvalue weighted by Gasteiger charge is 2.48. The summed E-state index contributed by atoms with van der Waals surface area (Å²) in [4.78, 5) is 12.0. The second-order valence-electron chi connectivity index (χ2n) is 6.87. The van der Waals surface area contributed by atoms with Crippen LogP contribution in [0.4, 0.5) is 0 Å². The molecule has 1 heterocycles. The lowest BCUT2D eigenvalue weighted by atomic mass is 9.80. The molecule has 0 aromatic heterocycles. The molecule has 0 spiro atoms. The first-order valence-corrected chi connectivity index (χ1v) is 6.87. The summed E-state index contributed by atoms with van der Waals surface area (Å²) >= 11 is 0. The summed E-state index contributed by atoms with van der Waals surface area (Å²) in [5.74, 6) is 1.92. The van der Waals surface area contributed by atoms with E-state index in [4.69, 9.17) is 4.74 Å². The van der Waals surface area contributed by atoms with E-state index in [0.29, 0.717) is 18.4 Å². The Morgan fingerprint density at radius 2 is 2.12 bits per heavy atom. The van der Waals surface area contributed by atoms with Crippen LogP contribution >= 0.6 is 0 Å². The lowest BCUT2D eigenvalue weighted by Gasteiger charge is -2.23. The number of ether oxygens (including phenoxy) is 1. The Morgan fingerprint density at radius 1 is 1.35 bits per heavy atom. The first kappa shape index (κ1) is 11.3. The van der Waals surface area contributed by atoms with Crippen LogP contribution in [0.2, 0.25) is 0 Å². The first-order chi connectivity index (χ1) is 7.98. The van der Waals surface area contributed by atoms with E-state index >= 15 is 0 Å². The van der Waals surface area contributed by atoms with Gasteiger partial charge in [-0.3, -0.25) is 4.79 Å². The van der Waals surface area contributed by atoms with Crippen molar-refractivity contribution in [1.82, 2.24) is 0 Å². The van der Waals surface area contributed by atoms with Crippen LogP contribution in [0, 0.1) is 29.1 Å². The topological polar surface area (TPSA) is 26.3 Å². The monoisotopic (exact) mass is 234 g/mol. The molecular formula is C15H22O2. The van der Waals surface area contributed by atoms with Gasteiger partial charge in [0.05, 0.1) is 12.5 Å². The van der Waals surface area contributed by atoms with Gasteiger partial charge in [-0.25, -0.2) is 0 Å². The fourth-order valence-electron chi connectivity index (χ4n) is 4.06. The molecule has 1 aliphatic heterocycles. The molecule has 4 atom stereocenters. The molecule has 0 aromatic carbocycles. The summed E-state index contributed by atoms with van der Waals surface area (Å²) < 4.78 is 5.29. The molecule has 0 N–H and O–H groups in total. The van der Waals surface area contributed by atoms with Crippen molar-refractivity contribution in [3.8, 4) is 0 Å². The number of allylic oxidation sites excluding steroid dienone is 1. The van der Waals surface area contributed by atoms with Crippen LogP contribution < -0.4 is 0 Å². The van der Waals surface area contributed by atoms with Crippen LogP contribution in [0.1, 0.15) is 40.0 Å². The van der Waals surface area contributed by atoms with E-state index in [1.807, 2.05) is 0 Å². The maximum Gasteiger partial charge on any atom is 0.313 e. The highest BCUT2D eigenvalue weighted by molar-refractivity contribution is 5.78. The number of fused-ring (bicyclic) bond motifs is 3. The summed E-state index contributed by atoms with van der Waals surface area (Å²) in [6.07, 6.45) is 5.99. The van der Waals surface area contributed by atoms with E-state index in [2.05, 4.69) is 26.8 Å². The summed E-state index contributed by atoms with van der Waals surface area (Å²) in [5.41, 5.74) is 1.67. The van der Waals surface area contributed by atoms with E-state index in [1.54, 1.807) is 0 Å². The minimum atomic E-state index is 0.0399. The van der Waals surface area contributed by atoms with Crippen LogP contribution in [-0.4, -0.2) is 12.6 Å². The first-order valence-electron chi connectivity index (χ1n) is 6.87. The molecule has 0 bridgehead atoms. The van der Waals surface area contributed by atoms with Gasteiger partial charge in [0.2, 0.25) is 0 Å². The van der Waals surface area contributed by atoms with Gasteiger partial charge in [0.25, 0.3) is 0 Å². The van der Waals surface area contributed by atoms with Crippen molar-refractivity contribution in [2.45, 2.75) is 40.0 Å². The van der Waals surface area contributed by atoms with Crippen LogP contribution in [-0.2, 0) is 9.53 Å². The summed E-state index contributed by atoms with van der Waals surface area (Å²) in [6, 6.07) is 0. The van der Waals surface area contributed by atoms with E-state index in [1.165, 1.54) is 18.4 Å². The third kappa shape index (κ3) is 1.73. The molecule has 0 aromatic rings. The van der Waals surface area contributed by atoms with Gasteiger partial charge in [-0.05, 0) is 36.5 Å². The molecule has 17 heavy (non-hydrogen) atoms. The Balaban J connectivity index is 2.01. The quantitative estimate of drug-likeness (QED) is 0.475. The number of rotatable bonds is 0. The Labute approximate surface area is 103 Å². The maximum absolute atomic E-state index is 12.0. The van der Waals surface area contributed by atoms with Crippen molar-refractivity contribution >= 4 is 5.97 Å². The summed E-state index contributed by atoms with van der Waals surface area (Å²) in [7, 11) is 0. The molecule has 2 aliphatic carbocycles. The van der Waals surface area contributed by atoms with Gasteiger partial charge in [-0.2, -0.15) is 0 Å². The Hall–Kier alpha value is -0.790. The van der Waals surface area contributed by atoms with Gasteiger partial charge < -0.3 is 4.74 Å². The second-order valence-corrected chi connectivity index (χ2v) is 6.87. The number of hydrogen-bond acceptors (Lipinski definition) is 2. The molecule has 94 valence electrons. The zero-order valence-corrected chi connectivity index (χ0v) is 11.0. The third-order valence-corrected chi connectivity index (χ3v) is 4.94. The Bertz CT molecular complexity index is 380. The molecule has 2 fully saturated rings. The summed E-state index contributed by atoms with van der Waals surface area (Å²) in [6.45, 7) is 7.58. The smallest absolute Gasteiger partial charge is 0.313 e.